The number of ether oxygens (including phenoxy) is 1. The number of halogens is 4. The highest BCUT2D eigenvalue weighted by Gasteiger charge is 2.38. The normalized spacial score (nSPS) is 12.9. The van der Waals surface area contributed by atoms with Crippen molar-refractivity contribution < 1.29 is 40.6 Å². The molecule has 0 spiro atoms. The van der Waals surface area contributed by atoms with Gasteiger partial charge in [-0.25, -0.2) is 22.6 Å². The Labute approximate surface area is 199 Å². The lowest BCUT2D eigenvalue weighted by Gasteiger charge is -2.31. The number of fused-ring (bicyclic) bond motifs is 1. The fraction of sp³-hybridized carbons (Fsp3) is 0.150. The molecule has 0 amide bonds. The van der Waals surface area contributed by atoms with Crippen LogP contribution < -0.4 is 14.4 Å². The van der Waals surface area contributed by atoms with Crippen molar-refractivity contribution in [3.63, 3.8) is 0 Å². The van der Waals surface area contributed by atoms with Crippen molar-refractivity contribution in [2.75, 3.05) is 22.8 Å². The molecular weight excluding hydrogens is 516 g/mol. The topological polar surface area (TPSA) is 133 Å². The van der Waals surface area contributed by atoms with Gasteiger partial charge < -0.3 is 14.7 Å². The summed E-state index contributed by atoms with van der Waals surface area (Å²) in [5, 5.41) is 18.1. The fourth-order valence-electron chi connectivity index (χ4n) is 2.85. The Kier molecular flexibility index (Phi) is 7.46. The van der Waals surface area contributed by atoms with Crippen LogP contribution in [0, 0.1) is 17.1 Å². The molecule has 1 aromatic heterocycles. The molecule has 0 radical (unpaired) electrons. The van der Waals surface area contributed by atoms with Crippen molar-refractivity contribution >= 4 is 43.8 Å². The summed E-state index contributed by atoms with van der Waals surface area (Å²) in [4.78, 5) is 14.5. The van der Waals surface area contributed by atoms with Crippen molar-refractivity contribution in [3.05, 3.63) is 59.4 Å². The molecule has 0 bridgehead atoms. The summed E-state index contributed by atoms with van der Waals surface area (Å²) in [6.45, 7) is 0.606. The SMILES string of the molecule is N#Cc1ccc(F)c(N2CCOc3cc(S(=O)(=O)Nc4nccs4)ccc32)c1.O=C(O)C(F)(F)F. The Morgan fingerprint density at radius 2 is 1.94 bits per heavy atom. The van der Waals surface area contributed by atoms with E-state index in [0.717, 1.165) is 0 Å². The molecule has 1 aliphatic rings. The number of carboxylic acid groups (broad SMARTS) is 1. The van der Waals surface area contributed by atoms with Crippen LogP contribution in [0.4, 0.5) is 34.1 Å². The van der Waals surface area contributed by atoms with Crippen LogP contribution in [0.15, 0.2) is 52.9 Å². The molecule has 2 heterocycles. The molecule has 0 fully saturated rings. The lowest BCUT2D eigenvalue weighted by atomic mass is 10.1. The molecule has 0 aliphatic carbocycles. The van der Waals surface area contributed by atoms with Gasteiger partial charge in [0.05, 0.1) is 34.4 Å². The molecule has 2 aromatic carbocycles. The van der Waals surface area contributed by atoms with E-state index in [1.54, 1.807) is 16.3 Å². The molecule has 2 N–H and O–H groups in total. The van der Waals surface area contributed by atoms with Crippen LogP contribution in [0.5, 0.6) is 5.75 Å². The van der Waals surface area contributed by atoms with E-state index in [0.29, 0.717) is 23.5 Å². The lowest BCUT2D eigenvalue weighted by Crippen LogP contribution is -2.29. The molecule has 35 heavy (non-hydrogen) atoms. The van der Waals surface area contributed by atoms with Gasteiger partial charge in [-0.3, -0.25) is 4.72 Å². The van der Waals surface area contributed by atoms with Gasteiger partial charge in [0, 0.05) is 17.6 Å². The van der Waals surface area contributed by atoms with Crippen molar-refractivity contribution in [3.8, 4) is 11.8 Å². The van der Waals surface area contributed by atoms with Crippen LogP contribution in [0.1, 0.15) is 5.56 Å². The summed E-state index contributed by atoms with van der Waals surface area (Å²) in [6.07, 6.45) is -3.58. The third-order valence-electron chi connectivity index (χ3n) is 4.37. The van der Waals surface area contributed by atoms with E-state index >= 15 is 0 Å². The average molecular weight is 530 g/mol. The highest BCUT2D eigenvalue weighted by Crippen LogP contribution is 2.39. The number of nitrogens with one attached hydrogen (secondary N) is 1. The summed E-state index contributed by atoms with van der Waals surface area (Å²) in [5.74, 6) is -2.92. The first kappa shape index (κ1) is 25.7. The number of thiazole rings is 1. The molecule has 15 heteroatoms. The first-order valence-electron chi connectivity index (χ1n) is 9.39. The van der Waals surface area contributed by atoms with E-state index in [1.165, 1.54) is 47.9 Å². The Balaban J connectivity index is 0.000000429. The molecular formula is C20H14F4N4O5S2. The monoisotopic (exact) mass is 530 g/mol. The summed E-state index contributed by atoms with van der Waals surface area (Å²) in [7, 11) is -3.84. The van der Waals surface area contributed by atoms with Gasteiger partial charge in [-0.1, -0.05) is 0 Å². The Bertz CT molecular complexity index is 1370. The number of aliphatic carboxylic acids is 1. The molecule has 184 valence electrons. The molecule has 1 aliphatic heterocycles. The highest BCUT2D eigenvalue weighted by molar-refractivity contribution is 7.93. The largest absolute Gasteiger partial charge is 0.490 e. The zero-order chi connectivity index (χ0) is 25.8. The van der Waals surface area contributed by atoms with Crippen LogP contribution in [-0.2, 0) is 14.8 Å². The zero-order valence-corrected chi connectivity index (χ0v) is 18.9. The van der Waals surface area contributed by atoms with Crippen LogP contribution >= 0.6 is 11.3 Å². The minimum Gasteiger partial charge on any atom is -0.489 e. The highest BCUT2D eigenvalue weighted by atomic mass is 32.2. The van der Waals surface area contributed by atoms with Crippen LogP contribution in [0.2, 0.25) is 0 Å². The van der Waals surface area contributed by atoms with Crippen LogP contribution in [-0.4, -0.2) is 43.8 Å². The minimum atomic E-state index is -5.08. The first-order valence-corrected chi connectivity index (χ1v) is 11.7. The minimum absolute atomic E-state index is 0.00884. The number of nitrogens with zero attached hydrogens (tertiary/aromatic N) is 3. The molecule has 0 unspecified atom stereocenters. The van der Waals surface area contributed by atoms with Gasteiger partial charge in [0.15, 0.2) is 5.13 Å². The van der Waals surface area contributed by atoms with E-state index in [1.807, 2.05) is 6.07 Å². The summed E-state index contributed by atoms with van der Waals surface area (Å²) in [6, 6.07) is 10.5. The van der Waals surface area contributed by atoms with E-state index in [2.05, 4.69) is 9.71 Å². The molecule has 4 rings (SSSR count). The van der Waals surface area contributed by atoms with E-state index in [4.69, 9.17) is 19.9 Å². The van der Waals surface area contributed by atoms with Gasteiger partial charge in [0.25, 0.3) is 10.0 Å². The summed E-state index contributed by atoms with van der Waals surface area (Å²) in [5.41, 5.74) is 1.09. The fourth-order valence-corrected chi connectivity index (χ4v) is 4.66. The lowest BCUT2D eigenvalue weighted by molar-refractivity contribution is -0.192. The first-order chi connectivity index (χ1) is 16.4. The summed E-state index contributed by atoms with van der Waals surface area (Å²) < 4.78 is 79.2. The number of hydrogen-bond acceptors (Lipinski definition) is 8. The zero-order valence-electron chi connectivity index (χ0n) is 17.3. The average Bonchev–Trinajstić information content (AvgIpc) is 3.31. The van der Waals surface area contributed by atoms with Crippen LogP contribution in [0.3, 0.4) is 0 Å². The second kappa shape index (κ2) is 10.2. The molecule has 0 saturated carbocycles. The number of anilines is 3. The number of sulfonamides is 1. The Morgan fingerprint density at radius 1 is 1.23 bits per heavy atom. The van der Waals surface area contributed by atoms with Crippen molar-refractivity contribution in [2.24, 2.45) is 0 Å². The molecule has 9 nitrogen and oxygen atoms in total. The number of carboxylic acids is 1. The molecule has 0 saturated heterocycles. The second-order valence-electron chi connectivity index (χ2n) is 6.65. The number of nitriles is 1. The molecule has 0 atom stereocenters. The maximum Gasteiger partial charge on any atom is 0.490 e. The standard InChI is InChI=1S/C18H13FN4O3S2.C2HF3O2/c19-14-3-1-12(11-20)9-16(14)23-6-7-26-17-10-13(2-4-15(17)23)28(24,25)22-18-21-5-8-27-18;3-2(4,5)1(6)7/h1-5,8-10H,6-7H2,(H,21,22);(H,6,7). The van der Waals surface area contributed by atoms with Gasteiger partial charge in [0.2, 0.25) is 0 Å². The van der Waals surface area contributed by atoms with E-state index in [9.17, 15) is 26.0 Å². The Morgan fingerprint density at radius 3 is 2.54 bits per heavy atom. The maximum atomic E-state index is 14.4. The predicted molar refractivity (Wildman–Crippen MR) is 117 cm³/mol. The van der Waals surface area contributed by atoms with E-state index < -0.39 is 28.0 Å². The number of rotatable bonds is 4. The Hall–Kier alpha value is -3.90. The second-order valence-corrected chi connectivity index (χ2v) is 9.23. The van der Waals surface area contributed by atoms with Gasteiger partial charge >= 0.3 is 12.1 Å². The quantitative estimate of drug-likeness (QED) is 0.482. The predicted octanol–water partition coefficient (Wildman–Crippen LogP) is 4.12. The van der Waals surface area contributed by atoms with Gasteiger partial charge in [-0.2, -0.15) is 18.4 Å². The third kappa shape index (κ3) is 6.16. The van der Waals surface area contributed by atoms with Gasteiger partial charge in [0.1, 0.15) is 18.2 Å². The number of alkyl halides is 3. The molecule has 3 aromatic rings. The van der Waals surface area contributed by atoms with Crippen molar-refractivity contribution in [1.29, 1.82) is 5.26 Å². The number of hydrogen-bond donors (Lipinski definition) is 2. The van der Waals surface area contributed by atoms with Crippen LogP contribution in [0.25, 0.3) is 0 Å². The number of aromatic nitrogens is 1. The van der Waals surface area contributed by atoms with Crippen molar-refractivity contribution in [1.82, 2.24) is 4.98 Å². The number of benzene rings is 2. The van der Waals surface area contributed by atoms with Crippen molar-refractivity contribution in [2.45, 2.75) is 11.1 Å². The van der Waals surface area contributed by atoms with Gasteiger partial charge in [-0.05, 0) is 30.3 Å². The van der Waals surface area contributed by atoms with E-state index in [-0.39, 0.29) is 22.3 Å². The maximum absolute atomic E-state index is 14.4. The van der Waals surface area contributed by atoms with Gasteiger partial charge in [-0.15, -0.1) is 11.3 Å². The summed E-state index contributed by atoms with van der Waals surface area (Å²) >= 11 is 1.17. The smallest absolute Gasteiger partial charge is 0.489 e. The number of carbonyl (C=O) groups is 1. The third-order valence-corrected chi connectivity index (χ3v) is 6.52.